The van der Waals surface area contributed by atoms with Crippen molar-refractivity contribution in [3.05, 3.63) is 76.6 Å². The second-order valence-electron chi connectivity index (χ2n) is 8.10. The van der Waals surface area contributed by atoms with E-state index in [-0.39, 0.29) is 12.1 Å². The summed E-state index contributed by atoms with van der Waals surface area (Å²) in [5.41, 5.74) is 6.86. The molecule has 4 heteroatoms. The van der Waals surface area contributed by atoms with Crippen LogP contribution in [0.25, 0.3) is 0 Å². The fourth-order valence-corrected chi connectivity index (χ4v) is 4.72. The summed E-state index contributed by atoms with van der Waals surface area (Å²) in [7, 11) is 0. The van der Waals surface area contributed by atoms with E-state index in [1.54, 1.807) is 0 Å². The van der Waals surface area contributed by atoms with Crippen molar-refractivity contribution < 1.29 is 0 Å². The molecule has 0 radical (unpaired) electrons. The maximum absolute atomic E-state index is 9.32. The Morgan fingerprint density at radius 1 is 1.14 bits per heavy atom. The summed E-state index contributed by atoms with van der Waals surface area (Å²) in [6.45, 7) is 6.03. The molecule has 0 N–H and O–H groups in total. The molecule has 29 heavy (non-hydrogen) atoms. The molecule has 4 rings (SSSR count). The van der Waals surface area contributed by atoms with Gasteiger partial charge in [-0.3, -0.25) is 14.9 Å². The predicted molar refractivity (Wildman–Crippen MR) is 117 cm³/mol. The van der Waals surface area contributed by atoms with Crippen LogP contribution in [0, 0.1) is 18.3 Å². The Hall–Kier alpha value is -2.77. The lowest BCUT2D eigenvalue weighted by molar-refractivity contribution is 0.106. The van der Waals surface area contributed by atoms with Gasteiger partial charge in [0.1, 0.15) is 0 Å². The number of aryl methyl sites for hydroxylation is 1. The molecular weight excluding hydrogens is 356 g/mol. The van der Waals surface area contributed by atoms with Gasteiger partial charge in [-0.25, -0.2) is 0 Å². The molecule has 0 saturated carbocycles. The zero-order valence-corrected chi connectivity index (χ0v) is 17.3. The molecule has 3 heterocycles. The molecule has 2 aliphatic rings. The van der Waals surface area contributed by atoms with Crippen molar-refractivity contribution in [1.29, 1.82) is 5.26 Å². The highest BCUT2D eigenvalue weighted by Gasteiger charge is 2.36. The zero-order valence-electron chi connectivity index (χ0n) is 17.3. The number of hydrogen-bond acceptors (Lipinski definition) is 4. The van der Waals surface area contributed by atoms with Gasteiger partial charge in [-0.2, -0.15) is 5.26 Å². The molecule has 148 valence electrons. The summed E-state index contributed by atoms with van der Waals surface area (Å²) in [5, 5.41) is 9.32. The van der Waals surface area contributed by atoms with Gasteiger partial charge in [-0.15, -0.1) is 0 Å². The smallest absolute Gasteiger partial charge is 0.0991 e. The molecule has 2 atom stereocenters. The summed E-state index contributed by atoms with van der Waals surface area (Å²) in [5.74, 6) is 0. The molecule has 4 nitrogen and oxygen atoms in total. The van der Waals surface area contributed by atoms with Crippen LogP contribution in [0.15, 0.2) is 59.2 Å². The lowest BCUT2D eigenvalue weighted by atomic mass is 9.86. The van der Waals surface area contributed by atoms with E-state index in [4.69, 9.17) is 9.98 Å². The van der Waals surface area contributed by atoms with Crippen molar-refractivity contribution in [2.75, 3.05) is 6.54 Å². The van der Waals surface area contributed by atoms with Crippen LogP contribution in [0.3, 0.4) is 0 Å². The maximum Gasteiger partial charge on any atom is 0.0991 e. The molecule has 1 aromatic heterocycles. The highest BCUT2D eigenvalue weighted by atomic mass is 15.2. The number of likely N-dealkylation sites (tertiary alicyclic amines) is 1. The van der Waals surface area contributed by atoms with E-state index < -0.39 is 0 Å². The van der Waals surface area contributed by atoms with Crippen LogP contribution in [0.5, 0.6) is 0 Å². The predicted octanol–water partition coefficient (Wildman–Crippen LogP) is 5.15. The number of benzene rings is 1. The van der Waals surface area contributed by atoms with Crippen LogP contribution in [0.2, 0.25) is 0 Å². The molecule has 2 unspecified atom stereocenters. The van der Waals surface area contributed by atoms with Crippen molar-refractivity contribution in [2.45, 2.75) is 58.2 Å². The Balaban J connectivity index is 1.74. The van der Waals surface area contributed by atoms with Gasteiger partial charge in [0.15, 0.2) is 0 Å². The van der Waals surface area contributed by atoms with Crippen LogP contribution in [0.1, 0.15) is 61.0 Å². The lowest BCUT2D eigenvalue weighted by Gasteiger charge is -2.43. The first-order valence-electron chi connectivity index (χ1n) is 10.5. The first-order valence-corrected chi connectivity index (χ1v) is 10.5. The van der Waals surface area contributed by atoms with Crippen LogP contribution >= 0.6 is 0 Å². The fourth-order valence-electron chi connectivity index (χ4n) is 4.72. The fraction of sp³-hybridized carbons (Fsp3) is 0.400. The summed E-state index contributed by atoms with van der Waals surface area (Å²) in [4.78, 5) is 12.3. The van der Waals surface area contributed by atoms with Crippen LogP contribution in [-0.2, 0) is 6.54 Å². The van der Waals surface area contributed by atoms with E-state index in [1.807, 2.05) is 30.5 Å². The maximum atomic E-state index is 9.32. The van der Waals surface area contributed by atoms with Crippen molar-refractivity contribution in [3.8, 4) is 6.07 Å². The minimum Gasteiger partial charge on any atom is -0.288 e. The third-order valence-electron chi connectivity index (χ3n) is 6.12. The van der Waals surface area contributed by atoms with E-state index >= 15 is 0 Å². The third-order valence-corrected chi connectivity index (χ3v) is 6.12. The second-order valence-corrected chi connectivity index (χ2v) is 8.10. The molecule has 0 spiro atoms. The topological polar surface area (TPSA) is 52.3 Å². The third kappa shape index (κ3) is 4.16. The van der Waals surface area contributed by atoms with Crippen LogP contribution in [0.4, 0.5) is 0 Å². The average Bonchev–Trinajstić information content (AvgIpc) is 2.75. The quantitative estimate of drug-likeness (QED) is 0.733. The first kappa shape index (κ1) is 19.5. The number of rotatable bonds is 4. The SMILES string of the molecule is CC1=CCCN=C1C1CCCC(c2ncccc2C)N1Cc1cccc(C#N)c1. The van der Waals surface area contributed by atoms with E-state index in [9.17, 15) is 5.26 Å². The Bertz CT molecular complexity index is 982. The number of nitrogens with zero attached hydrogens (tertiary/aromatic N) is 4. The Kier molecular flexibility index (Phi) is 5.87. The molecule has 0 bridgehead atoms. The standard InChI is InChI=1S/C25H28N4/c1-18-7-5-13-27-24(18)22-11-4-12-23(25-19(2)8-6-14-28-25)29(22)17-21-10-3-9-20(15-21)16-26/h3,5,7-10,13,15,22-23H,4,6,11-12,14,17H2,1-2H3. The van der Waals surface area contributed by atoms with Gasteiger partial charge < -0.3 is 0 Å². The van der Waals surface area contributed by atoms with Crippen LogP contribution < -0.4 is 0 Å². The molecule has 2 aromatic rings. The van der Waals surface area contributed by atoms with Crippen molar-refractivity contribution in [3.63, 3.8) is 0 Å². The van der Waals surface area contributed by atoms with Crippen molar-refractivity contribution in [2.24, 2.45) is 4.99 Å². The number of aromatic nitrogens is 1. The van der Waals surface area contributed by atoms with Gasteiger partial charge in [0.2, 0.25) is 0 Å². The van der Waals surface area contributed by atoms with E-state index in [0.717, 1.165) is 32.4 Å². The number of piperidine rings is 1. The van der Waals surface area contributed by atoms with Gasteiger partial charge in [-0.05, 0) is 74.4 Å². The number of nitriles is 1. The molecule has 1 saturated heterocycles. The van der Waals surface area contributed by atoms with Crippen LogP contribution in [-0.4, -0.2) is 28.2 Å². The lowest BCUT2D eigenvalue weighted by Crippen LogP contribution is -2.47. The van der Waals surface area contributed by atoms with Gasteiger partial charge in [0.05, 0.1) is 35.1 Å². The van der Waals surface area contributed by atoms with Gasteiger partial charge in [-0.1, -0.05) is 24.3 Å². The van der Waals surface area contributed by atoms with Crippen molar-refractivity contribution in [1.82, 2.24) is 9.88 Å². The van der Waals surface area contributed by atoms with E-state index in [2.05, 4.69) is 43.0 Å². The zero-order chi connectivity index (χ0) is 20.2. The van der Waals surface area contributed by atoms with E-state index in [1.165, 1.54) is 34.5 Å². The Morgan fingerprint density at radius 2 is 2.00 bits per heavy atom. The normalized spacial score (nSPS) is 22.5. The molecule has 0 aliphatic carbocycles. The number of dihydropyridines is 1. The monoisotopic (exact) mass is 384 g/mol. The number of hydrogen-bond donors (Lipinski definition) is 0. The van der Waals surface area contributed by atoms with Crippen molar-refractivity contribution >= 4 is 5.71 Å². The Labute approximate surface area is 173 Å². The molecule has 1 fully saturated rings. The molecule has 1 aromatic carbocycles. The summed E-state index contributed by atoms with van der Waals surface area (Å²) in [6.07, 6.45) is 8.66. The van der Waals surface area contributed by atoms with Gasteiger partial charge in [0.25, 0.3) is 0 Å². The second kappa shape index (κ2) is 8.71. The first-order chi connectivity index (χ1) is 14.2. The molecule has 0 amide bonds. The van der Waals surface area contributed by atoms with Gasteiger partial charge >= 0.3 is 0 Å². The highest BCUT2D eigenvalue weighted by molar-refractivity contribution is 6.04. The Morgan fingerprint density at radius 3 is 2.79 bits per heavy atom. The number of pyridine rings is 1. The minimum absolute atomic E-state index is 0.262. The van der Waals surface area contributed by atoms with E-state index in [0.29, 0.717) is 5.56 Å². The number of aliphatic imine (C=N–C) groups is 1. The molecule has 2 aliphatic heterocycles. The summed E-state index contributed by atoms with van der Waals surface area (Å²) < 4.78 is 0. The summed E-state index contributed by atoms with van der Waals surface area (Å²) >= 11 is 0. The molecular formula is C25H28N4. The largest absolute Gasteiger partial charge is 0.288 e. The highest BCUT2D eigenvalue weighted by Crippen LogP contribution is 2.37. The minimum atomic E-state index is 0.262. The average molecular weight is 385 g/mol. The summed E-state index contributed by atoms with van der Waals surface area (Å²) in [6, 6.07) is 15.0. The van der Waals surface area contributed by atoms with Gasteiger partial charge in [0, 0.05) is 19.3 Å².